The first-order valence-electron chi connectivity index (χ1n) is 7.02. The Morgan fingerprint density at radius 1 is 1.33 bits per heavy atom. The lowest BCUT2D eigenvalue weighted by Gasteiger charge is -2.20. The molecule has 0 bridgehead atoms. The van der Waals surface area contributed by atoms with Crippen LogP contribution in [0, 0.1) is 0 Å². The van der Waals surface area contributed by atoms with Crippen molar-refractivity contribution in [3.63, 3.8) is 0 Å². The van der Waals surface area contributed by atoms with Gasteiger partial charge < -0.3 is 10.1 Å². The molecule has 0 aliphatic carbocycles. The third-order valence-electron chi connectivity index (χ3n) is 3.03. The molecule has 0 unspecified atom stereocenters. The van der Waals surface area contributed by atoms with Crippen molar-refractivity contribution in [2.75, 3.05) is 0 Å². The molecular weight excluding hydrogens is 330 g/mol. The number of hydrogen-bond donors (Lipinski definition) is 1. The molecule has 1 amide bonds. The fourth-order valence-electron chi connectivity index (χ4n) is 1.97. The van der Waals surface area contributed by atoms with E-state index < -0.39 is 24.2 Å². The second-order valence-electron chi connectivity index (χ2n) is 5.06. The van der Waals surface area contributed by atoms with Gasteiger partial charge in [-0.1, -0.05) is 12.1 Å². The molecule has 0 fully saturated rings. The van der Waals surface area contributed by atoms with Gasteiger partial charge in [0.15, 0.2) is 0 Å². The van der Waals surface area contributed by atoms with Crippen LogP contribution in [0.2, 0.25) is 0 Å². The lowest BCUT2D eigenvalue weighted by atomic mass is 10.1. The summed E-state index contributed by atoms with van der Waals surface area (Å²) < 4.78 is 56.3. The van der Waals surface area contributed by atoms with Gasteiger partial charge >= 0.3 is 12.5 Å². The van der Waals surface area contributed by atoms with E-state index in [1.807, 2.05) is 0 Å². The number of para-hydroxylation sites is 1. The summed E-state index contributed by atoms with van der Waals surface area (Å²) in [5, 5.41) is 6.56. The normalized spacial score (nSPS) is 12.9. The highest BCUT2D eigenvalue weighted by molar-refractivity contribution is 5.97. The van der Waals surface area contributed by atoms with Crippen LogP contribution in [-0.2, 0) is 6.54 Å². The largest absolute Gasteiger partial charge is 0.461 e. The SMILES string of the molecule is C[C@H](Cn1cccn1)NC(=O)c1ccccc1OC(F)(F)C(F)F. The van der Waals surface area contributed by atoms with Gasteiger partial charge in [0.2, 0.25) is 0 Å². The highest BCUT2D eigenvalue weighted by atomic mass is 19.3. The molecule has 1 aromatic heterocycles. The topological polar surface area (TPSA) is 56.2 Å². The second-order valence-corrected chi connectivity index (χ2v) is 5.06. The summed E-state index contributed by atoms with van der Waals surface area (Å²) in [6.45, 7) is 2.05. The van der Waals surface area contributed by atoms with Gasteiger partial charge in [0.25, 0.3) is 5.91 Å². The number of hydrogen-bond acceptors (Lipinski definition) is 3. The first kappa shape index (κ1) is 17.8. The van der Waals surface area contributed by atoms with Crippen molar-refractivity contribution in [1.29, 1.82) is 0 Å². The van der Waals surface area contributed by atoms with Crippen molar-refractivity contribution >= 4 is 5.91 Å². The van der Waals surface area contributed by atoms with E-state index in [9.17, 15) is 22.4 Å². The summed E-state index contributed by atoms with van der Waals surface area (Å²) >= 11 is 0. The molecule has 1 heterocycles. The number of aromatic nitrogens is 2. The average molecular weight is 345 g/mol. The van der Waals surface area contributed by atoms with Crippen LogP contribution in [0.5, 0.6) is 5.75 Å². The lowest BCUT2D eigenvalue weighted by Crippen LogP contribution is -2.37. The Bertz CT molecular complexity index is 677. The third kappa shape index (κ3) is 4.46. The molecule has 5 nitrogen and oxygen atoms in total. The van der Waals surface area contributed by atoms with Crippen molar-refractivity contribution in [3.05, 3.63) is 48.3 Å². The summed E-state index contributed by atoms with van der Waals surface area (Å²) in [6.07, 6.45) is -5.42. The van der Waals surface area contributed by atoms with E-state index in [1.165, 1.54) is 18.2 Å². The number of halogens is 4. The Kier molecular flexibility index (Phi) is 5.42. The standard InChI is InChI=1S/C15H15F4N3O2/c1-10(9-22-8-4-7-20-22)21-13(23)11-5-2-3-6-12(11)24-15(18,19)14(16)17/h2-8,10,14H,9H2,1H3,(H,21,23)/t10-/m1/s1. The van der Waals surface area contributed by atoms with Crippen molar-refractivity contribution in [3.8, 4) is 5.75 Å². The molecule has 0 saturated carbocycles. The number of nitrogens with one attached hydrogen (secondary N) is 1. The van der Waals surface area contributed by atoms with Gasteiger partial charge in [-0.05, 0) is 25.1 Å². The molecule has 0 spiro atoms. The van der Waals surface area contributed by atoms with E-state index >= 15 is 0 Å². The Morgan fingerprint density at radius 2 is 2.04 bits per heavy atom. The number of carbonyl (C=O) groups is 1. The van der Waals surface area contributed by atoms with Crippen LogP contribution in [-0.4, -0.2) is 34.3 Å². The smallest absolute Gasteiger partial charge is 0.427 e. The average Bonchev–Trinajstić information content (AvgIpc) is 2.99. The van der Waals surface area contributed by atoms with E-state index in [-0.39, 0.29) is 11.6 Å². The van der Waals surface area contributed by atoms with Crippen LogP contribution >= 0.6 is 0 Å². The van der Waals surface area contributed by atoms with Gasteiger partial charge in [-0.2, -0.15) is 22.7 Å². The van der Waals surface area contributed by atoms with Crippen LogP contribution in [0.4, 0.5) is 17.6 Å². The molecule has 0 radical (unpaired) electrons. The van der Waals surface area contributed by atoms with Crippen molar-refractivity contribution < 1.29 is 27.1 Å². The van der Waals surface area contributed by atoms with Crippen molar-refractivity contribution in [1.82, 2.24) is 15.1 Å². The van der Waals surface area contributed by atoms with E-state index in [1.54, 1.807) is 30.1 Å². The van der Waals surface area contributed by atoms with Crippen LogP contribution < -0.4 is 10.1 Å². The summed E-state index contributed by atoms with van der Waals surface area (Å²) in [4.78, 5) is 12.2. The van der Waals surface area contributed by atoms with E-state index in [2.05, 4.69) is 15.2 Å². The molecule has 130 valence electrons. The zero-order valence-corrected chi connectivity index (χ0v) is 12.6. The number of nitrogens with zero attached hydrogens (tertiary/aromatic N) is 2. The molecule has 1 aromatic carbocycles. The minimum absolute atomic E-state index is 0.259. The maximum Gasteiger partial charge on any atom is 0.461 e. The predicted molar refractivity (Wildman–Crippen MR) is 77.2 cm³/mol. The van der Waals surface area contributed by atoms with E-state index in [0.29, 0.717) is 6.54 Å². The van der Waals surface area contributed by atoms with Crippen molar-refractivity contribution in [2.45, 2.75) is 32.0 Å². The molecule has 2 rings (SSSR count). The number of benzene rings is 1. The van der Waals surface area contributed by atoms with Crippen LogP contribution in [0.15, 0.2) is 42.7 Å². The van der Waals surface area contributed by atoms with Crippen LogP contribution in [0.1, 0.15) is 17.3 Å². The summed E-state index contributed by atoms with van der Waals surface area (Å²) in [5.74, 6) is -1.33. The van der Waals surface area contributed by atoms with Gasteiger partial charge in [-0.25, -0.2) is 0 Å². The Labute approximate surface area is 135 Å². The first-order chi connectivity index (χ1) is 11.3. The fourth-order valence-corrected chi connectivity index (χ4v) is 1.97. The number of rotatable bonds is 7. The van der Waals surface area contributed by atoms with E-state index in [0.717, 1.165) is 6.07 Å². The highest BCUT2D eigenvalue weighted by Crippen LogP contribution is 2.29. The zero-order valence-electron chi connectivity index (χ0n) is 12.6. The fraction of sp³-hybridized carbons (Fsp3) is 0.333. The third-order valence-corrected chi connectivity index (χ3v) is 3.03. The van der Waals surface area contributed by atoms with Gasteiger partial charge in [0.05, 0.1) is 12.1 Å². The summed E-state index contributed by atoms with van der Waals surface area (Å²) in [5.41, 5.74) is -0.259. The zero-order chi connectivity index (χ0) is 17.7. The van der Waals surface area contributed by atoms with Gasteiger partial charge in [-0.15, -0.1) is 0 Å². The number of carbonyl (C=O) groups excluding carboxylic acids is 1. The number of ether oxygens (including phenoxy) is 1. The molecule has 0 saturated heterocycles. The maximum absolute atomic E-state index is 13.1. The highest BCUT2D eigenvalue weighted by Gasteiger charge is 2.44. The summed E-state index contributed by atoms with van der Waals surface area (Å²) in [7, 11) is 0. The van der Waals surface area contributed by atoms with Gasteiger partial charge in [0, 0.05) is 18.4 Å². The molecule has 1 N–H and O–H groups in total. The van der Waals surface area contributed by atoms with Crippen LogP contribution in [0.3, 0.4) is 0 Å². The summed E-state index contributed by atoms with van der Waals surface area (Å²) in [6, 6.07) is 6.31. The van der Waals surface area contributed by atoms with Crippen LogP contribution in [0.25, 0.3) is 0 Å². The molecular formula is C15H15F4N3O2. The molecule has 24 heavy (non-hydrogen) atoms. The number of amides is 1. The van der Waals surface area contributed by atoms with E-state index in [4.69, 9.17) is 0 Å². The van der Waals surface area contributed by atoms with Crippen molar-refractivity contribution in [2.24, 2.45) is 0 Å². The number of alkyl halides is 4. The Hall–Kier alpha value is -2.58. The molecule has 1 atom stereocenters. The predicted octanol–water partition coefficient (Wildman–Crippen LogP) is 2.94. The minimum atomic E-state index is -4.68. The Morgan fingerprint density at radius 3 is 2.67 bits per heavy atom. The van der Waals surface area contributed by atoms with Gasteiger partial charge in [0.1, 0.15) is 5.75 Å². The first-order valence-corrected chi connectivity index (χ1v) is 7.02. The van der Waals surface area contributed by atoms with Gasteiger partial charge in [-0.3, -0.25) is 9.48 Å². The molecule has 9 heteroatoms. The molecule has 0 aliphatic heterocycles. The molecule has 0 aliphatic rings. The molecule has 2 aromatic rings. The lowest BCUT2D eigenvalue weighted by molar-refractivity contribution is -0.253. The Balaban J connectivity index is 2.09. The quantitative estimate of drug-likeness (QED) is 0.785. The monoisotopic (exact) mass is 345 g/mol. The maximum atomic E-state index is 13.1. The second kappa shape index (κ2) is 7.33. The minimum Gasteiger partial charge on any atom is -0.427 e.